The molecule has 84 valence electrons. The highest BCUT2D eigenvalue weighted by molar-refractivity contribution is 5.48. The van der Waals surface area contributed by atoms with E-state index in [1.54, 1.807) is 18.7 Å². The Morgan fingerprint density at radius 3 is 2.82 bits per heavy atom. The highest BCUT2D eigenvalue weighted by atomic mass is 15.1. The minimum atomic E-state index is 0.815. The number of hydrogen-bond acceptors (Lipinski definition) is 2. The predicted octanol–water partition coefficient (Wildman–Crippen LogP) is 2.32. The zero-order valence-corrected chi connectivity index (χ0v) is 9.24. The van der Waals surface area contributed by atoms with Gasteiger partial charge in [-0.05, 0) is 5.56 Å². The number of aromatic nitrogens is 4. The third kappa shape index (κ3) is 1.97. The average Bonchev–Trinajstić information content (AvgIpc) is 3.00. The lowest BCUT2D eigenvalue weighted by Crippen LogP contribution is -2.00. The molecule has 0 radical (unpaired) electrons. The van der Waals surface area contributed by atoms with Gasteiger partial charge in [-0.2, -0.15) is 0 Å². The van der Waals surface area contributed by atoms with Gasteiger partial charge in [-0.25, -0.2) is 9.97 Å². The van der Waals surface area contributed by atoms with Gasteiger partial charge in [-0.15, -0.1) is 0 Å². The minimum absolute atomic E-state index is 0.815. The van der Waals surface area contributed by atoms with Crippen molar-refractivity contribution in [3.63, 3.8) is 0 Å². The van der Waals surface area contributed by atoms with Crippen LogP contribution in [0.1, 0.15) is 5.56 Å². The molecule has 0 aliphatic heterocycles. The van der Waals surface area contributed by atoms with E-state index in [0.717, 1.165) is 18.1 Å². The average molecular weight is 224 g/mol. The molecule has 1 N–H and O–H groups in total. The molecule has 0 unspecified atom stereocenters. The standard InChI is InChI=1S/C13H12N4/c1-2-4-11(5-3-1)9-17-7-6-15-13(17)12-8-14-10-16-12/h1-8,10H,9H2,(H,14,16). The summed E-state index contributed by atoms with van der Waals surface area (Å²) in [6.45, 7) is 0.815. The zero-order valence-electron chi connectivity index (χ0n) is 9.24. The second-order valence-electron chi connectivity index (χ2n) is 3.83. The Morgan fingerprint density at radius 1 is 1.18 bits per heavy atom. The van der Waals surface area contributed by atoms with Crippen LogP contribution in [0.5, 0.6) is 0 Å². The molecule has 0 spiro atoms. The van der Waals surface area contributed by atoms with Crippen molar-refractivity contribution in [2.75, 3.05) is 0 Å². The summed E-state index contributed by atoms with van der Waals surface area (Å²) in [5.41, 5.74) is 2.19. The highest BCUT2D eigenvalue weighted by Gasteiger charge is 2.06. The summed E-state index contributed by atoms with van der Waals surface area (Å²) in [6.07, 6.45) is 7.23. The first-order valence-electron chi connectivity index (χ1n) is 5.47. The SMILES string of the molecule is c1ccc(Cn2ccnc2-c2cnc[nH]2)cc1. The van der Waals surface area contributed by atoms with Crippen LogP contribution in [0.2, 0.25) is 0 Å². The van der Waals surface area contributed by atoms with Crippen LogP contribution in [0.3, 0.4) is 0 Å². The van der Waals surface area contributed by atoms with E-state index in [2.05, 4.69) is 31.7 Å². The van der Waals surface area contributed by atoms with Gasteiger partial charge >= 0.3 is 0 Å². The van der Waals surface area contributed by atoms with Gasteiger partial charge in [-0.3, -0.25) is 0 Å². The third-order valence-corrected chi connectivity index (χ3v) is 2.65. The van der Waals surface area contributed by atoms with Crippen molar-refractivity contribution in [3.05, 3.63) is 60.8 Å². The van der Waals surface area contributed by atoms with E-state index < -0.39 is 0 Å². The van der Waals surface area contributed by atoms with Crippen molar-refractivity contribution >= 4 is 0 Å². The molecule has 0 bridgehead atoms. The Bertz CT molecular complexity index is 581. The molecule has 4 nitrogen and oxygen atoms in total. The second-order valence-corrected chi connectivity index (χ2v) is 3.83. The van der Waals surface area contributed by atoms with Crippen molar-refractivity contribution in [3.8, 4) is 11.5 Å². The van der Waals surface area contributed by atoms with Gasteiger partial charge in [0.05, 0.1) is 12.5 Å². The summed E-state index contributed by atoms with van der Waals surface area (Å²) in [5, 5.41) is 0. The maximum Gasteiger partial charge on any atom is 0.158 e. The summed E-state index contributed by atoms with van der Waals surface area (Å²) < 4.78 is 2.10. The van der Waals surface area contributed by atoms with Crippen molar-refractivity contribution in [2.24, 2.45) is 0 Å². The van der Waals surface area contributed by atoms with Crippen LogP contribution in [-0.4, -0.2) is 19.5 Å². The molecular weight excluding hydrogens is 212 g/mol. The fourth-order valence-electron chi connectivity index (χ4n) is 1.84. The summed E-state index contributed by atoms with van der Waals surface area (Å²) in [7, 11) is 0. The largest absolute Gasteiger partial charge is 0.342 e. The Hall–Kier alpha value is -2.36. The number of nitrogens with one attached hydrogen (secondary N) is 1. The van der Waals surface area contributed by atoms with Crippen LogP contribution >= 0.6 is 0 Å². The molecular formula is C13H12N4. The molecule has 0 aliphatic rings. The number of imidazole rings is 2. The van der Waals surface area contributed by atoms with Crippen molar-refractivity contribution in [1.29, 1.82) is 0 Å². The molecule has 1 aromatic carbocycles. The fraction of sp³-hybridized carbons (Fsp3) is 0.0769. The monoisotopic (exact) mass is 224 g/mol. The quantitative estimate of drug-likeness (QED) is 0.742. The smallest absolute Gasteiger partial charge is 0.158 e. The lowest BCUT2D eigenvalue weighted by atomic mass is 10.2. The minimum Gasteiger partial charge on any atom is -0.342 e. The molecule has 0 fully saturated rings. The first-order valence-corrected chi connectivity index (χ1v) is 5.47. The van der Waals surface area contributed by atoms with E-state index in [9.17, 15) is 0 Å². The first kappa shape index (κ1) is 9.84. The van der Waals surface area contributed by atoms with Crippen LogP contribution in [0.25, 0.3) is 11.5 Å². The number of nitrogens with zero attached hydrogens (tertiary/aromatic N) is 3. The van der Waals surface area contributed by atoms with E-state index >= 15 is 0 Å². The molecule has 2 aromatic heterocycles. The summed E-state index contributed by atoms with van der Waals surface area (Å²) in [4.78, 5) is 11.4. The van der Waals surface area contributed by atoms with Crippen molar-refractivity contribution in [1.82, 2.24) is 19.5 Å². The molecule has 0 amide bonds. The molecule has 4 heteroatoms. The van der Waals surface area contributed by atoms with Gasteiger partial charge in [-0.1, -0.05) is 30.3 Å². The molecule has 0 saturated carbocycles. The van der Waals surface area contributed by atoms with Crippen LogP contribution in [0.15, 0.2) is 55.2 Å². The topological polar surface area (TPSA) is 46.5 Å². The van der Waals surface area contributed by atoms with Gasteiger partial charge in [0.25, 0.3) is 0 Å². The molecule has 0 saturated heterocycles. The van der Waals surface area contributed by atoms with E-state index in [1.165, 1.54) is 5.56 Å². The lowest BCUT2D eigenvalue weighted by Gasteiger charge is -2.06. The number of rotatable bonds is 3. The van der Waals surface area contributed by atoms with Gasteiger partial charge < -0.3 is 9.55 Å². The molecule has 3 rings (SSSR count). The normalized spacial score (nSPS) is 10.6. The highest BCUT2D eigenvalue weighted by Crippen LogP contribution is 2.15. The van der Waals surface area contributed by atoms with Crippen LogP contribution in [-0.2, 0) is 6.54 Å². The first-order chi connectivity index (χ1) is 8.43. The van der Waals surface area contributed by atoms with Crippen molar-refractivity contribution in [2.45, 2.75) is 6.54 Å². The predicted molar refractivity (Wildman–Crippen MR) is 65.4 cm³/mol. The van der Waals surface area contributed by atoms with E-state index in [-0.39, 0.29) is 0 Å². The fourth-order valence-corrected chi connectivity index (χ4v) is 1.84. The van der Waals surface area contributed by atoms with E-state index in [0.29, 0.717) is 0 Å². The molecule has 17 heavy (non-hydrogen) atoms. The van der Waals surface area contributed by atoms with E-state index in [1.807, 2.05) is 24.4 Å². The summed E-state index contributed by atoms with van der Waals surface area (Å²) in [6, 6.07) is 10.3. The number of hydrogen-bond donors (Lipinski definition) is 1. The lowest BCUT2D eigenvalue weighted by molar-refractivity contribution is 0.804. The van der Waals surface area contributed by atoms with Crippen LogP contribution in [0, 0.1) is 0 Å². The van der Waals surface area contributed by atoms with Gasteiger partial charge in [0.2, 0.25) is 0 Å². The number of benzene rings is 1. The Morgan fingerprint density at radius 2 is 2.06 bits per heavy atom. The summed E-state index contributed by atoms with van der Waals surface area (Å²) >= 11 is 0. The molecule has 0 atom stereocenters. The van der Waals surface area contributed by atoms with Gasteiger partial charge in [0, 0.05) is 18.9 Å². The maximum atomic E-state index is 4.35. The van der Waals surface area contributed by atoms with Crippen LogP contribution in [0.4, 0.5) is 0 Å². The van der Waals surface area contributed by atoms with Crippen molar-refractivity contribution < 1.29 is 0 Å². The maximum absolute atomic E-state index is 4.35. The summed E-state index contributed by atoms with van der Waals surface area (Å²) in [5.74, 6) is 0.909. The molecule has 2 heterocycles. The van der Waals surface area contributed by atoms with Gasteiger partial charge in [0.15, 0.2) is 5.82 Å². The second kappa shape index (κ2) is 4.25. The Labute approximate surface area is 99.0 Å². The van der Waals surface area contributed by atoms with Crippen LogP contribution < -0.4 is 0 Å². The number of aromatic amines is 1. The molecule has 3 aromatic rings. The Kier molecular flexibility index (Phi) is 2.46. The molecule has 0 aliphatic carbocycles. The zero-order chi connectivity index (χ0) is 11.5. The van der Waals surface area contributed by atoms with E-state index in [4.69, 9.17) is 0 Å². The third-order valence-electron chi connectivity index (χ3n) is 2.65. The van der Waals surface area contributed by atoms with Gasteiger partial charge in [0.1, 0.15) is 5.69 Å². The Balaban J connectivity index is 1.92. The number of H-pyrrole nitrogens is 1.